The first kappa shape index (κ1) is 39.7. The number of ether oxygens (including phenoxy) is 5. The summed E-state index contributed by atoms with van der Waals surface area (Å²) in [6.07, 6.45) is -15.7. The molecule has 1 unspecified atom stereocenters. The molecule has 0 aliphatic rings. The summed E-state index contributed by atoms with van der Waals surface area (Å²) in [4.78, 5) is 24.8. The van der Waals surface area contributed by atoms with Crippen LogP contribution in [0.3, 0.4) is 0 Å². The van der Waals surface area contributed by atoms with Gasteiger partial charge < -0.3 is 33.7 Å². The maximum Gasteiger partial charge on any atom is 0.460 e. The molecule has 50 heavy (non-hydrogen) atoms. The second kappa shape index (κ2) is 16.8. The van der Waals surface area contributed by atoms with Gasteiger partial charge in [-0.3, -0.25) is 0 Å². The van der Waals surface area contributed by atoms with Gasteiger partial charge in [-0.25, -0.2) is 9.59 Å². The van der Waals surface area contributed by atoms with E-state index in [4.69, 9.17) is 18.9 Å². The van der Waals surface area contributed by atoms with Crippen molar-refractivity contribution in [2.45, 2.75) is 43.6 Å². The standard InChI is InChI=1S/C32H30F9NO8/c1-2-46-26(27(43)44)20-21-8-10-22(11-9-21)47-18-16-42(17-19-48-32(40,41)30(35,36)29(33,34)31(37,38)39)28(45)50-25-14-12-24(13-15-25)49-23-6-4-3-5-7-23/h3-15,26H,2,16-20H2,1H3,(H,43,44). The smallest absolute Gasteiger partial charge is 0.460 e. The first-order chi connectivity index (χ1) is 23.4. The highest BCUT2D eigenvalue weighted by molar-refractivity contribution is 5.72. The molecule has 274 valence electrons. The Morgan fingerprint density at radius 3 is 1.82 bits per heavy atom. The highest BCUT2D eigenvalue weighted by atomic mass is 19.4. The number of hydrogen-bond donors (Lipinski definition) is 1. The lowest BCUT2D eigenvalue weighted by molar-refractivity contribution is -0.443. The van der Waals surface area contributed by atoms with E-state index < -0.39 is 68.6 Å². The lowest BCUT2D eigenvalue weighted by Crippen LogP contribution is -2.62. The van der Waals surface area contributed by atoms with Gasteiger partial charge in [-0.2, -0.15) is 39.5 Å². The fourth-order valence-electron chi connectivity index (χ4n) is 4.02. The Morgan fingerprint density at radius 1 is 0.720 bits per heavy atom. The van der Waals surface area contributed by atoms with E-state index in [-0.39, 0.29) is 24.5 Å². The molecule has 0 spiro atoms. The van der Waals surface area contributed by atoms with Crippen LogP contribution in [0.5, 0.6) is 23.0 Å². The van der Waals surface area contributed by atoms with Gasteiger partial charge >= 0.3 is 36.2 Å². The van der Waals surface area contributed by atoms with Crippen molar-refractivity contribution in [3.05, 3.63) is 84.4 Å². The topological polar surface area (TPSA) is 104 Å². The Kier molecular flexibility index (Phi) is 13.3. The largest absolute Gasteiger partial charge is 0.492 e. The number of aliphatic carboxylic acids is 1. The van der Waals surface area contributed by atoms with Crippen molar-refractivity contribution in [1.82, 2.24) is 4.90 Å². The average molecular weight is 728 g/mol. The summed E-state index contributed by atoms with van der Waals surface area (Å²) in [6, 6.07) is 19.9. The number of carbonyl (C=O) groups is 2. The van der Waals surface area contributed by atoms with E-state index in [1.165, 1.54) is 48.5 Å². The summed E-state index contributed by atoms with van der Waals surface area (Å²) < 4.78 is 144. The van der Waals surface area contributed by atoms with Crippen LogP contribution in [0.15, 0.2) is 78.9 Å². The fourth-order valence-corrected chi connectivity index (χ4v) is 4.02. The van der Waals surface area contributed by atoms with Crippen LogP contribution in [0.1, 0.15) is 12.5 Å². The van der Waals surface area contributed by atoms with E-state index in [2.05, 4.69) is 4.74 Å². The maximum atomic E-state index is 13.9. The molecule has 0 heterocycles. The molecule has 0 saturated carbocycles. The minimum Gasteiger partial charge on any atom is -0.492 e. The molecule has 18 heteroatoms. The highest BCUT2D eigenvalue weighted by Gasteiger charge is 2.82. The van der Waals surface area contributed by atoms with E-state index in [0.29, 0.717) is 22.0 Å². The van der Waals surface area contributed by atoms with Crippen molar-refractivity contribution in [3.8, 4) is 23.0 Å². The minimum absolute atomic E-state index is 0.0288. The zero-order valence-electron chi connectivity index (χ0n) is 26.0. The van der Waals surface area contributed by atoms with Gasteiger partial charge in [0.15, 0.2) is 6.10 Å². The Hall–Kier alpha value is -4.71. The molecule has 3 rings (SSSR count). The van der Waals surface area contributed by atoms with Crippen LogP contribution in [0, 0.1) is 0 Å². The summed E-state index contributed by atoms with van der Waals surface area (Å²) in [7, 11) is 0. The molecule has 0 saturated heterocycles. The summed E-state index contributed by atoms with van der Waals surface area (Å²) in [6.45, 7) is -1.79. The Labute approximate surface area is 279 Å². The Balaban J connectivity index is 1.68. The second-order valence-corrected chi connectivity index (χ2v) is 10.2. The van der Waals surface area contributed by atoms with Crippen molar-refractivity contribution in [3.63, 3.8) is 0 Å². The minimum atomic E-state index is -7.15. The van der Waals surface area contributed by atoms with Crippen LogP contribution >= 0.6 is 0 Å². The van der Waals surface area contributed by atoms with Gasteiger partial charge in [0.25, 0.3) is 0 Å². The van der Waals surface area contributed by atoms with Gasteiger partial charge in [-0.1, -0.05) is 30.3 Å². The molecule has 3 aromatic rings. The van der Waals surface area contributed by atoms with E-state index in [1.54, 1.807) is 37.3 Å². The molecule has 1 atom stereocenters. The number of halogens is 9. The van der Waals surface area contributed by atoms with Crippen molar-refractivity contribution in [2.24, 2.45) is 0 Å². The molecular weight excluding hydrogens is 697 g/mol. The zero-order chi connectivity index (χ0) is 37.2. The first-order valence-corrected chi connectivity index (χ1v) is 14.6. The van der Waals surface area contributed by atoms with E-state index in [1.807, 2.05) is 0 Å². The molecule has 0 aliphatic carbocycles. The van der Waals surface area contributed by atoms with Crippen LogP contribution < -0.4 is 14.2 Å². The molecule has 1 amide bonds. The molecule has 0 aliphatic heterocycles. The van der Waals surface area contributed by atoms with Gasteiger partial charge in [-0.15, -0.1) is 0 Å². The molecule has 0 fully saturated rings. The number of nitrogens with zero attached hydrogens (tertiary/aromatic N) is 1. The first-order valence-electron chi connectivity index (χ1n) is 14.6. The van der Waals surface area contributed by atoms with Gasteiger partial charge in [0.2, 0.25) is 0 Å². The van der Waals surface area contributed by atoms with Crippen LogP contribution in [-0.2, 0) is 20.7 Å². The van der Waals surface area contributed by atoms with E-state index in [0.717, 1.165) is 0 Å². The van der Waals surface area contributed by atoms with Crippen LogP contribution in [0.4, 0.5) is 44.3 Å². The predicted molar refractivity (Wildman–Crippen MR) is 156 cm³/mol. The molecule has 0 bridgehead atoms. The van der Waals surface area contributed by atoms with Crippen molar-refractivity contribution >= 4 is 12.1 Å². The number of amides is 1. The number of hydrogen-bond acceptors (Lipinski definition) is 7. The quantitative estimate of drug-likeness (QED) is 0.132. The second-order valence-electron chi connectivity index (χ2n) is 10.2. The lowest BCUT2D eigenvalue weighted by atomic mass is 10.1. The van der Waals surface area contributed by atoms with Crippen molar-refractivity contribution in [2.75, 3.05) is 32.9 Å². The molecule has 0 radical (unpaired) electrons. The van der Waals surface area contributed by atoms with Crippen molar-refractivity contribution in [1.29, 1.82) is 0 Å². The monoisotopic (exact) mass is 727 g/mol. The summed E-state index contributed by atoms with van der Waals surface area (Å²) in [5, 5.41) is 9.24. The molecule has 0 aromatic heterocycles. The number of alkyl halides is 9. The van der Waals surface area contributed by atoms with Gasteiger partial charge in [0.05, 0.1) is 13.2 Å². The lowest BCUT2D eigenvalue weighted by Gasteiger charge is -2.33. The van der Waals surface area contributed by atoms with Gasteiger partial charge in [0, 0.05) is 19.6 Å². The van der Waals surface area contributed by atoms with Gasteiger partial charge in [-0.05, 0) is 61.0 Å². The van der Waals surface area contributed by atoms with Crippen LogP contribution in [0.25, 0.3) is 0 Å². The average Bonchev–Trinajstić information content (AvgIpc) is 3.05. The Morgan fingerprint density at radius 2 is 1.26 bits per heavy atom. The van der Waals surface area contributed by atoms with E-state index >= 15 is 0 Å². The normalized spacial score (nSPS) is 13.0. The van der Waals surface area contributed by atoms with Crippen molar-refractivity contribution < 1.29 is 77.9 Å². The predicted octanol–water partition coefficient (Wildman–Crippen LogP) is 7.83. The van der Waals surface area contributed by atoms with E-state index in [9.17, 15) is 54.2 Å². The third-order valence-electron chi connectivity index (χ3n) is 6.64. The number of para-hydroxylation sites is 1. The zero-order valence-corrected chi connectivity index (χ0v) is 26.0. The summed E-state index contributed by atoms with van der Waals surface area (Å²) >= 11 is 0. The maximum absolute atomic E-state index is 13.9. The summed E-state index contributed by atoms with van der Waals surface area (Å²) in [5.74, 6) is -14.4. The summed E-state index contributed by atoms with van der Waals surface area (Å²) in [5.41, 5.74) is 0.564. The number of rotatable bonds is 18. The molecule has 9 nitrogen and oxygen atoms in total. The third-order valence-corrected chi connectivity index (χ3v) is 6.64. The molecule has 3 aromatic carbocycles. The highest BCUT2D eigenvalue weighted by Crippen LogP contribution is 2.53. The number of carbonyl (C=O) groups excluding carboxylic acids is 1. The van der Waals surface area contributed by atoms with Crippen LogP contribution in [-0.4, -0.2) is 85.2 Å². The Bertz CT molecular complexity index is 1520. The number of benzene rings is 3. The number of carboxylic acid groups (broad SMARTS) is 1. The molecule has 1 N–H and O–H groups in total. The third kappa shape index (κ3) is 10.4. The van der Waals surface area contributed by atoms with Crippen LogP contribution in [0.2, 0.25) is 0 Å². The fraction of sp³-hybridized carbons (Fsp3) is 0.375. The SMILES string of the molecule is CCOC(Cc1ccc(OCCN(CCOC(F)(F)C(F)(F)C(F)(F)C(F)(F)F)C(=O)Oc2ccc(Oc3ccccc3)cc2)cc1)C(=O)O. The van der Waals surface area contributed by atoms with Gasteiger partial charge in [0.1, 0.15) is 29.6 Å². The molecular formula is C32H30F9NO8. The number of carboxylic acids is 1.